The number of morpholine rings is 1. The van der Waals surface area contributed by atoms with Crippen molar-refractivity contribution in [2.75, 3.05) is 18.1 Å². The van der Waals surface area contributed by atoms with E-state index in [2.05, 4.69) is 28.7 Å². The second-order valence-electron chi connectivity index (χ2n) is 4.97. The maximum atomic E-state index is 5.57. The van der Waals surface area contributed by atoms with Gasteiger partial charge in [-0.1, -0.05) is 13.8 Å². The van der Waals surface area contributed by atoms with Crippen LogP contribution in [0.2, 0.25) is 0 Å². The second kappa shape index (κ2) is 3.70. The number of nitrogens with zero attached hydrogens (tertiary/aromatic N) is 3. The summed E-state index contributed by atoms with van der Waals surface area (Å²) < 4.78 is 5.57. The summed E-state index contributed by atoms with van der Waals surface area (Å²) in [6.07, 6.45) is 5.42. The lowest BCUT2D eigenvalue weighted by molar-refractivity contribution is 0.0986. The van der Waals surface area contributed by atoms with E-state index in [-0.39, 0.29) is 0 Å². The number of ether oxygens (including phenoxy) is 1. The van der Waals surface area contributed by atoms with Crippen molar-refractivity contribution in [2.24, 2.45) is 0 Å². The maximum Gasteiger partial charge on any atom is 0.225 e. The summed E-state index contributed by atoms with van der Waals surface area (Å²) in [5.74, 6) is 1.35. The molecule has 0 amide bonds. The largest absolute Gasteiger partial charge is 0.374 e. The number of rotatable bonds is 2. The van der Waals surface area contributed by atoms with Crippen molar-refractivity contribution >= 4 is 5.95 Å². The average Bonchev–Trinajstić information content (AvgIpc) is 2.91. The Balaban J connectivity index is 1.80. The molecule has 3 heterocycles. The SMILES string of the molecule is CC(C)c1cnc(N2CC3CC2CO3)nc1. The van der Waals surface area contributed by atoms with Crippen molar-refractivity contribution < 1.29 is 4.74 Å². The van der Waals surface area contributed by atoms with E-state index >= 15 is 0 Å². The van der Waals surface area contributed by atoms with Crippen LogP contribution in [0.15, 0.2) is 12.4 Å². The van der Waals surface area contributed by atoms with E-state index in [1.165, 1.54) is 5.56 Å². The van der Waals surface area contributed by atoms with Crippen LogP contribution in [0.3, 0.4) is 0 Å². The Morgan fingerprint density at radius 1 is 1.38 bits per heavy atom. The number of hydrogen-bond acceptors (Lipinski definition) is 4. The lowest BCUT2D eigenvalue weighted by Gasteiger charge is -2.26. The highest BCUT2D eigenvalue weighted by molar-refractivity contribution is 5.36. The van der Waals surface area contributed by atoms with E-state index in [1.807, 2.05) is 12.4 Å². The van der Waals surface area contributed by atoms with E-state index in [0.29, 0.717) is 18.1 Å². The molecular weight excluding hydrogens is 202 g/mol. The van der Waals surface area contributed by atoms with Crippen molar-refractivity contribution in [1.82, 2.24) is 9.97 Å². The summed E-state index contributed by atoms with van der Waals surface area (Å²) in [5, 5.41) is 0. The third kappa shape index (κ3) is 1.57. The second-order valence-corrected chi connectivity index (χ2v) is 4.97. The monoisotopic (exact) mass is 219 g/mol. The van der Waals surface area contributed by atoms with Gasteiger partial charge in [0.15, 0.2) is 0 Å². The quantitative estimate of drug-likeness (QED) is 0.757. The molecule has 86 valence electrons. The minimum atomic E-state index is 0.401. The first kappa shape index (κ1) is 10.0. The van der Waals surface area contributed by atoms with Crippen LogP contribution in [-0.4, -0.2) is 35.3 Å². The summed E-state index contributed by atoms with van der Waals surface area (Å²) in [4.78, 5) is 11.2. The van der Waals surface area contributed by atoms with Crippen LogP contribution in [0.5, 0.6) is 0 Å². The normalized spacial score (nSPS) is 28.1. The van der Waals surface area contributed by atoms with Gasteiger partial charge in [-0.15, -0.1) is 0 Å². The fraction of sp³-hybridized carbons (Fsp3) is 0.667. The van der Waals surface area contributed by atoms with Gasteiger partial charge in [0.05, 0.1) is 18.8 Å². The van der Waals surface area contributed by atoms with Crippen molar-refractivity contribution in [3.05, 3.63) is 18.0 Å². The van der Waals surface area contributed by atoms with Crippen LogP contribution < -0.4 is 4.90 Å². The van der Waals surface area contributed by atoms with Crippen LogP contribution in [0.25, 0.3) is 0 Å². The third-order valence-electron chi connectivity index (χ3n) is 3.48. The predicted molar refractivity (Wildman–Crippen MR) is 61.6 cm³/mol. The molecule has 2 aliphatic rings. The van der Waals surface area contributed by atoms with E-state index in [0.717, 1.165) is 25.5 Å². The van der Waals surface area contributed by atoms with Crippen LogP contribution in [-0.2, 0) is 4.74 Å². The third-order valence-corrected chi connectivity index (χ3v) is 3.48. The zero-order valence-electron chi connectivity index (χ0n) is 9.76. The van der Waals surface area contributed by atoms with Gasteiger partial charge in [0, 0.05) is 18.9 Å². The van der Waals surface area contributed by atoms with Gasteiger partial charge in [-0.3, -0.25) is 0 Å². The van der Waals surface area contributed by atoms with Crippen LogP contribution in [0.1, 0.15) is 31.7 Å². The van der Waals surface area contributed by atoms with Gasteiger partial charge in [-0.05, 0) is 17.9 Å². The highest BCUT2D eigenvalue weighted by atomic mass is 16.5. The number of anilines is 1. The molecule has 3 rings (SSSR count). The molecule has 0 aromatic carbocycles. The van der Waals surface area contributed by atoms with E-state index in [4.69, 9.17) is 4.74 Å². The fourth-order valence-corrected chi connectivity index (χ4v) is 2.42. The minimum Gasteiger partial charge on any atom is -0.374 e. The molecule has 4 nitrogen and oxygen atoms in total. The van der Waals surface area contributed by atoms with E-state index < -0.39 is 0 Å². The highest BCUT2D eigenvalue weighted by Gasteiger charge is 2.40. The molecule has 0 spiro atoms. The van der Waals surface area contributed by atoms with E-state index in [1.54, 1.807) is 0 Å². The molecule has 4 heteroatoms. The molecule has 0 saturated carbocycles. The summed E-state index contributed by atoms with van der Waals surface area (Å²) in [6, 6.07) is 0.495. The van der Waals surface area contributed by atoms with Crippen LogP contribution in [0, 0.1) is 0 Å². The van der Waals surface area contributed by atoms with Crippen molar-refractivity contribution in [1.29, 1.82) is 0 Å². The maximum absolute atomic E-state index is 5.57. The molecule has 2 fully saturated rings. The van der Waals surface area contributed by atoms with Crippen LogP contribution >= 0.6 is 0 Å². The lowest BCUT2D eigenvalue weighted by atomic mass is 10.1. The summed E-state index contributed by atoms with van der Waals surface area (Å²) in [7, 11) is 0. The van der Waals surface area contributed by atoms with Gasteiger partial charge in [0.1, 0.15) is 0 Å². The first-order valence-corrected chi connectivity index (χ1v) is 5.94. The Kier molecular flexibility index (Phi) is 2.32. The average molecular weight is 219 g/mol. The molecular formula is C12H17N3O. The van der Waals surface area contributed by atoms with Crippen LogP contribution in [0.4, 0.5) is 5.95 Å². The highest BCUT2D eigenvalue weighted by Crippen LogP contribution is 2.30. The van der Waals surface area contributed by atoms with Crippen molar-refractivity contribution in [2.45, 2.75) is 38.3 Å². The van der Waals surface area contributed by atoms with Gasteiger partial charge < -0.3 is 9.64 Å². The molecule has 2 unspecified atom stereocenters. The molecule has 1 aromatic rings. The predicted octanol–water partition coefficient (Wildman–Crippen LogP) is 1.58. The van der Waals surface area contributed by atoms with Gasteiger partial charge in [0.25, 0.3) is 0 Å². The summed E-state index contributed by atoms with van der Waals surface area (Å²) in [6.45, 7) is 6.10. The standard InChI is InChI=1S/C12H17N3O/c1-8(2)9-4-13-12(14-5-9)15-6-11-3-10(15)7-16-11/h4-5,8,10-11H,3,6-7H2,1-2H3. The summed E-state index contributed by atoms with van der Waals surface area (Å²) in [5.41, 5.74) is 1.20. The molecule has 2 bridgehead atoms. The van der Waals surface area contributed by atoms with Gasteiger partial charge in [-0.2, -0.15) is 0 Å². The smallest absolute Gasteiger partial charge is 0.225 e. The molecule has 0 aliphatic carbocycles. The number of hydrogen-bond donors (Lipinski definition) is 0. The first-order valence-electron chi connectivity index (χ1n) is 5.94. The Hall–Kier alpha value is -1.16. The fourth-order valence-electron chi connectivity index (χ4n) is 2.42. The number of aromatic nitrogens is 2. The molecule has 2 aliphatic heterocycles. The summed E-state index contributed by atoms with van der Waals surface area (Å²) >= 11 is 0. The Bertz CT molecular complexity index is 376. The minimum absolute atomic E-state index is 0.401. The molecule has 0 N–H and O–H groups in total. The Morgan fingerprint density at radius 3 is 2.62 bits per heavy atom. The number of fused-ring (bicyclic) bond motifs is 2. The Morgan fingerprint density at radius 2 is 2.12 bits per heavy atom. The van der Waals surface area contributed by atoms with Gasteiger partial charge >= 0.3 is 0 Å². The zero-order chi connectivity index (χ0) is 11.1. The van der Waals surface area contributed by atoms with Gasteiger partial charge in [0.2, 0.25) is 5.95 Å². The molecule has 2 atom stereocenters. The Labute approximate surface area is 95.7 Å². The zero-order valence-corrected chi connectivity index (χ0v) is 9.76. The molecule has 16 heavy (non-hydrogen) atoms. The molecule has 0 radical (unpaired) electrons. The topological polar surface area (TPSA) is 38.2 Å². The molecule has 2 saturated heterocycles. The van der Waals surface area contributed by atoms with Crippen molar-refractivity contribution in [3.8, 4) is 0 Å². The van der Waals surface area contributed by atoms with Crippen molar-refractivity contribution in [3.63, 3.8) is 0 Å². The van der Waals surface area contributed by atoms with Gasteiger partial charge in [-0.25, -0.2) is 9.97 Å². The van der Waals surface area contributed by atoms with E-state index in [9.17, 15) is 0 Å². The first-order chi connectivity index (χ1) is 7.74. The molecule has 1 aromatic heterocycles. The lowest BCUT2D eigenvalue weighted by Crippen LogP contribution is -2.38.